The van der Waals surface area contributed by atoms with E-state index in [0.29, 0.717) is 11.6 Å². The Bertz CT molecular complexity index is 467. The molecular formula is C13H17IN2O3. The zero-order valence-corrected chi connectivity index (χ0v) is 12.9. The molecule has 0 aromatic heterocycles. The lowest BCUT2D eigenvalue weighted by Gasteiger charge is -2.17. The first-order chi connectivity index (χ1) is 9.11. The molecule has 0 spiro atoms. The number of hydrogen-bond acceptors (Lipinski definition) is 4. The van der Waals surface area contributed by atoms with E-state index in [1.54, 1.807) is 12.1 Å². The summed E-state index contributed by atoms with van der Waals surface area (Å²) >= 11 is 2.08. The van der Waals surface area contributed by atoms with Crippen molar-refractivity contribution in [2.24, 2.45) is 5.92 Å². The van der Waals surface area contributed by atoms with Crippen LogP contribution in [-0.2, 0) is 4.74 Å². The van der Waals surface area contributed by atoms with Gasteiger partial charge in [-0.15, -0.1) is 0 Å². The average Bonchev–Trinajstić information content (AvgIpc) is 2.84. The second-order valence-corrected chi connectivity index (χ2v) is 5.91. The first-order valence-electron chi connectivity index (χ1n) is 6.41. The van der Waals surface area contributed by atoms with Gasteiger partial charge in [0.1, 0.15) is 5.69 Å². The van der Waals surface area contributed by atoms with Crippen molar-refractivity contribution in [3.8, 4) is 0 Å². The predicted molar refractivity (Wildman–Crippen MR) is 82.4 cm³/mol. The number of hydrogen-bond donors (Lipinski definition) is 1. The molecule has 6 heteroatoms. The van der Waals surface area contributed by atoms with Crippen molar-refractivity contribution in [1.29, 1.82) is 0 Å². The topological polar surface area (TPSA) is 64.4 Å². The average molecular weight is 376 g/mol. The molecule has 1 saturated heterocycles. The van der Waals surface area contributed by atoms with Gasteiger partial charge in [-0.1, -0.05) is 6.92 Å². The monoisotopic (exact) mass is 376 g/mol. The Morgan fingerprint density at radius 2 is 2.37 bits per heavy atom. The number of halogens is 1. The molecule has 2 rings (SSSR count). The number of nitrogens with one attached hydrogen (secondary N) is 1. The van der Waals surface area contributed by atoms with E-state index in [1.165, 1.54) is 0 Å². The van der Waals surface area contributed by atoms with E-state index in [0.717, 1.165) is 29.6 Å². The van der Waals surface area contributed by atoms with Gasteiger partial charge in [0.2, 0.25) is 0 Å². The van der Waals surface area contributed by atoms with Crippen molar-refractivity contribution in [2.75, 3.05) is 18.5 Å². The summed E-state index contributed by atoms with van der Waals surface area (Å²) in [4.78, 5) is 10.7. The number of nitro groups is 1. The van der Waals surface area contributed by atoms with E-state index >= 15 is 0 Å². The van der Waals surface area contributed by atoms with Crippen LogP contribution in [0.1, 0.15) is 19.8 Å². The number of benzene rings is 1. The fourth-order valence-electron chi connectivity index (χ4n) is 2.42. The Labute approximate surface area is 126 Å². The number of nitro benzene ring substituents is 1. The van der Waals surface area contributed by atoms with E-state index in [4.69, 9.17) is 4.74 Å². The molecular weight excluding hydrogens is 359 g/mol. The summed E-state index contributed by atoms with van der Waals surface area (Å²) in [6.07, 6.45) is 2.28. The van der Waals surface area contributed by atoms with Crippen LogP contribution in [0, 0.1) is 19.6 Å². The van der Waals surface area contributed by atoms with Gasteiger partial charge < -0.3 is 10.1 Å². The molecule has 1 heterocycles. The van der Waals surface area contributed by atoms with Crippen molar-refractivity contribution in [1.82, 2.24) is 0 Å². The van der Waals surface area contributed by atoms with Crippen molar-refractivity contribution in [3.05, 3.63) is 31.9 Å². The van der Waals surface area contributed by atoms with Crippen LogP contribution < -0.4 is 5.32 Å². The number of rotatable bonds is 5. The molecule has 104 valence electrons. The lowest BCUT2D eigenvalue weighted by molar-refractivity contribution is -0.384. The maximum absolute atomic E-state index is 11.0. The highest BCUT2D eigenvalue weighted by Crippen LogP contribution is 2.28. The fourth-order valence-corrected chi connectivity index (χ4v) is 2.90. The number of anilines is 1. The molecule has 1 aliphatic rings. The van der Waals surface area contributed by atoms with Crippen LogP contribution in [0.5, 0.6) is 0 Å². The Balaban J connectivity index is 2.05. The van der Waals surface area contributed by atoms with Crippen LogP contribution in [0.25, 0.3) is 0 Å². The van der Waals surface area contributed by atoms with Gasteiger partial charge in [0.15, 0.2) is 0 Å². The van der Waals surface area contributed by atoms with Crippen LogP contribution in [0.15, 0.2) is 18.2 Å². The molecule has 5 nitrogen and oxygen atoms in total. The van der Waals surface area contributed by atoms with Crippen LogP contribution in [-0.4, -0.2) is 24.2 Å². The molecule has 2 unspecified atom stereocenters. The highest BCUT2D eigenvalue weighted by molar-refractivity contribution is 14.1. The van der Waals surface area contributed by atoms with E-state index in [1.807, 2.05) is 6.07 Å². The van der Waals surface area contributed by atoms with Gasteiger partial charge in [-0.2, -0.15) is 0 Å². The van der Waals surface area contributed by atoms with E-state index < -0.39 is 0 Å². The summed E-state index contributed by atoms with van der Waals surface area (Å²) in [5.41, 5.74) is 0.728. The molecule has 0 amide bonds. The molecule has 2 atom stereocenters. The highest BCUT2D eigenvalue weighted by atomic mass is 127. The lowest BCUT2D eigenvalue weighted by atomic mass is 9.99. The van der Waals surface area contributed by atoms with Gasteiger partial charge in [0, 0.05) is 28.7 Å². The van der Waals surface area contributed by atoms with Crippen LogP contribution in [0.3, 0.4) is 0 Å². The molecule has 1 fully saturated rings. The van der Waals surface area contributed by atoms with Crippen molar-refractivity contribution in [3.63, 3.8) is 0 Å². The van der Waals surface area contributed by atoms with Gasteiger partial charge in [0.05, 0.1) is 11.0 Å². The summed E-state index contributed by atoms with van der Waals surface area (Å²) in [5.74, 6) is 0.434. The Morgan fingerprint density at radius 1 is 1.58 bits per heavy atom. The number of nitrogens with zero attached hydrogens (tertiary/aromatic N) is 1. The largest absolute Gasteiger partial charge is 0.379 e. The minimum atomic E-state index is -0.340. The summed E-state index contributed by atoms with van der Waals surface area (Å²) in [7, 11) is 0. The standard InChI is InChI=1S/C13H17IN2O3/c1-2-13-9(5-6-19-13)8-15-11-4-3-10(14)7-12(11)16(17)18/h3-4,7,9,13,15H,2,5-6,8H2,1H3. The Morgan fingerprint density at radius 3 is 3.05 bits per heavy atom. The van der Waals surface area contributed by atoms with Gasteiger partial charge >= 0.3 is 0 Å². The third-order valence-corrected chi connectivity index (χ3v) is 4.13. The first-order valence-corrected chi connectivity index (χ1v) is 7.49. The van der Waals surface area contributed by atoms with Crippen molar-refractivity contribution < 1.29 is 9.66 Å². The quantitative estimate of drug-likeness (QED) is 0.486. The van der Waals surface area contributed by atoms with E-state index in [9.17, 15) is 10.1 Å². The second kappa shape index (κ2) is 6.51. The zero-order chi connectivity index (χ0) is 13.8. The molecule has 19 heavy (non-hydrogen) atoms. The SMILES string of the molecule is CCC1OCCC1CNc1ccc(I)cc1[N+](=O)[O-]. The Hall–Kier alpha value is -0.890. The molecule has 1 N–H and O–H groups in total. The number of ether oxygens (including phenoxy) is 1. The summed E-state index contributed by atoms with van der Waals surface area (Å²) in [6.45, 7) is 3.62. The van der Waals surface area contributed by atoms with Gasteiger partial charge in [-0.25, -0.2) is 0 Å². The molecule has 1 aromatic carbocycles. The third kappa shape index (κ3) is 3.56. The fraction of sp³-hybridized carbons (Fsp3) is 0.538. The van der Waals surface area contributed by atoms with E-state index in [2.05, 4.69) is 34.8 Å². The Kier molecular flexibility index (Phi) is 4.98. The van der Waals surface area contributed by atoms with Crippen LogP contribution in [0.2, 0.25) is 0 Å². The summed E-state index contributed by atoms with van der Waals surface area (Å²) in [6, 6.07) is 5.24. The minimum absolute atomic E-state index is 0.138. The van der Waals surface area contributed by atoms with Crippen molar-refractivity contribution in [2.45, 2.75) is 25.9 Å². The van der Waals surface area contributed by atoms with Gasteiger partial charge in [0.25, 0.3) is 5.69 Å². The second-order valence-electron chi connectivity index (χ2n) is 4.67. The molecule has 1 aliphatic heterocycles. The highest BCUT2D eigenvalue weighted by Gasteiger charge is 2.27. The first kappa shape index (κ1) is 14.5. The molecule has 0 radical (unpaired) electrons. The maximum Gasteiger partial charge on any atom is 0.293 e. The molecule has 0 saturated carbocycles. The van der Waals surface area contributed by atoms with E-state index in [-0.39, 0.29) is 16.7 Å². The smallest absolute Gasteiger partial charge is 0.293 e. The molecule has 1 aromatic rings. The minimum Gasteiger partial charge on any atom is -0.379 e. The maximum atomic E-state index is 11.0. The van der Waals surface area contributed by atoms with Crippen LogP contribution in [0.4, 0.5) is 11.4 Å². The third-order valence-electron chi connectivity index (χ3n) is 3.46. The van der Waals surface area contributed by atoms with Crippen molar-refractivity contribution >= 4 is 34.0 Å². The summed E-state index contributed by atoms with van der Waals surface area (Å²) < 4.78 is 6.49. The lowest BCUT2D eigenvalue weighted by Crippen LogP contribution is -2.23. The van der Waals surface area contributed by atoms with Gasteiger partial charge in [-0.05, 0) is 47.6 Å². The summed E-state index contributed by atoms with van der Waals surface area (Å²) in [5, 5.41) is 14.2. The zero-order valence-electron chi connectivity index (χ0n) is 10.8. The molecule has 0 bridgehead atoms. The van der Waals surface area contributed by atoms with Gasteiger partial charge in [-0.3, -0.25) is 10.1 Å². The predicted octanol–water partition coefficient (Wildman–Crippen LogP) is 3.43. The van der Waals surface area contributed by atoms with Crippen LogP contribution >= 0.6 is 22.6 Å². The molecule has 0 aliphatic carbocycles. The normalized spacial score (nSPS) is 22.4.